The van der Waals surface area contributed by atoms with Gasteiger partial charge in [0.05, 0.1) is 24.1 Å². The van der Waals surface area contributed by atoms with Crippen LogP contribution in [0.25, 0.3) is 43.7 Å². The molecule has 0 saturated heterocycles. The number of carbonyl (C=O) groups is 8. The van der Waals surface area contributed by atoms with E-state index in [1.807, 2.05) is 62.4 Å². The second-order valence-electron chi connectivity index (χ2n) is 24.8. The first-order chi connectivity index (χ1) is 46.9. The molecule has 1 aliphatic heterocycles. The van der Waals surface area contributed by atoms with E-state index in [2.05, 4.69) is 61.8 Å². The Bertz CT molecular complexity index is 4530. The van der Waals surface area contributed by atoms with Crippen molar-refractivity contribution in [3.63, 3.8) is 0 Å². The van der Waals surface area contributed by atoms with Crippen LogP contribution in [0.5, 0.6) is 5.75 Å². The monoisotopic (exact) mass is 1390 g/mol. The summed E-state index contributed by atoms with van der Waals surface area (Å²) in [4.78, 5) is 139. The molecule has 5 heterocycles. The minimum Gasteiger partial charge on any atom is -0.480 e. The van der Waals surface area contributed by atoms with Crippen molar-refractivity contribution in [2.45, 2.75) is 102 Å². The van der Waals surface area contributed by atoms with Crippen molar-refractivity contribution < 1.29 is 58.0 Å². The highest BCUT2D eigenvalue weighted by atomic mass is 35.5. The molecule has 98 heavy (non-hydrogen) atoms. The first kappa shape index (κ1) is 70.6. The average molecular weight is 1390 g/mol. The molecule has 10 rings (SSSR count). The lowest BCUT2D eigenvalue weighted by molar-refractivity contribution is -0.142. The van der Waals surface area contributed by atoms with Crippen molar-refractivity contribution in [1.82, 2.24) is 51.2 Å². The van der Waals surface area contributed by atoms with Gasteiger partial charge in [0.15, 0.2) is 11.2 Å². The summed E-state index contributed by atoms with van der Waals surface area (Å²) in [5.74, 6) is -3.67. The molecule has 0 aliphatic carbocycles. The molecular weight excluding hydrogens is 1320 g/mol. The number of benzene rings is 5. The highest BCUT2D eigenvalue weighted by Gasteiger charge is 2.36. The van der Waals surface area contributed by atoms with Gasteiger partial charge in [0.2, 0.25) is 17.8 Å². The summed E-state index contributed by atoms with van der Waals surface area (Å²) >= 11 is 6.57. The van der Waals surface area contributed by atoms with E-state index in [1.165, 1.54) is 29.1 Å². The Morgan fingerprint density at radius 2 is 1.46 bits per heavy atom. The highest BCUT2D eigenvalue weighted by molar-refractivity contribution is 8.76. The van der Waals surface area contributed by atoms with Crippen LogP contribution in [0, 0.1) is 0 Å². The Hall–Kier alpha value is -10.2. The zero-order chi connectivity index (χ0) is 69.8. The lowest BCUT2D eigenvalue weighted by Gasteiger charge is -2.27. The van der Waals surface area contributed by atoms with Gasteiger partial charge in [-0.15, -0.1) is 11.6 Å². The molecule has 9 aromatic rings. The van der Waals surface area contributed by atoms with Gasteiger partial charge in [-0.1, -0.05) is 64.1 Å². The lowest BCUT2D eigenvalue weighted by Crippen LogP contribution is -2.47. The van der Waals surface area contributed by atoms with Crippen molar-refractivity contribution in [3.8, 4) is 5.75 Å². The van der Waals surface area contributed by atoms with E-state index in [1.54, 1.807) is 78.1 Å². The second kappa shape index (κ2) is 31.3. The summed E-state index contributed by atoms with van der Waals surface area (Å²) in [6, 6.07) is 29.2. The van der Waals surface area contributed by atoms with Crippen molar-refractivity contribution in [2.75, 3.05) is 58.3 Å². The smallest absolute Gasteiger partial charge is 0.480 e. The number of carboxylic acid groups (broad SMARTS) is 2. The molecule has 5 amide bonds. The third-order valence-corrected chi connectivity index (χ3v) is 19.3. The summed E-state index contributed by atoms with van der Waals surface area (Å²) < 4.78 is 11.4. The van der Waals surface area contributed by atoms with Crippen molar-refractivity contribution in [3.05, 3.63) is 154 Å². The summed E-state index contributed by atoms with van der Waals surface area (Å²) in [5, 5.41) is 40.2. The van der Waals surface area contributed by atoms with Gasteiger partial charge >= 0.3 is 18.1 Å². The number of nitrogens with one attached hydrogen (secondary N) is 9. The van der Waals surface area contributed by atoms with E-state index < -0.39 is 59.0 Å². The number of amides is 5. The van der Waals surface area contributed by atoms with E-state index in [9.17, 15) is 53.4 Å². The Balaban J connectivity index is 0.609. The minimum atomic E-state index is -1.40. The van der Waals surface area contributed by atoms with Crippen molar-refractivity contribution >= 4 is 148 Å². The number of hydrogen-bond donors (Lipinski definition) is 12. The fraction of sp³-hybridized carbons (Fsp3) is 0.324. The molecule has 13 N–H and O–H groups in total. The maximum atomic E-state index is 14.4. The molecule has 0 radical (unpaired) electrons. The topological polar surface area (TPSA) is 400 Å². The zero-order valence-corrected chi connectivity index (χ0v) is 56.2. The van der Waals surface area contributed by atoms with Crippen LogP contribution in [0.1, 0.15) is 115 Å². The number of nitrogen functional groups attached to an aromatic ring is 1. The van der Waals surface area contributed by atoms with Crippen molar-refractivity contribution in [1.29, 1.82) is 0 Å². The molecule has 0 fully saturated rings. The van der Waals surface area contributed by atoms with Gasteiger partial charge in [-0.25, -0.2) is 24.4 Å². The van der Waals surface area contributed by atoms with Gasteiger partial charge in [-0.05, 0) is 132 Å². The normalized spacial score (nSPS) is 13.6. The summed E-state index contributed by atoms with van der Waals surface area (Å²) in [6.45, 7) is 8.31. The number of para-hydroxylation sites is 1. The Morgan fingerprint density at radius 1 is 0.755 bits per heavy atom. The number of H-pyrrole nitrogens is 3. The number of aromatic nitrogens is 6. The summed E-state index contributed by atoms with van der Waals surface area (Å²) in [7, 11) is 3.05. The van der Waals surface area contributed by atoms with Gasteiger partial charge in [0.25, 0.3) is 23.3 Å². The number of hydrogen-bond acceptors (Lipinski definition) is 19. The first-order valence-corrected chi connectivity index (χ1v) is 34.4. The third-order valence-electron chi connectivity index (χ3n) is 16.3. The first-order valence-electron chi connectivity index (χ1n) is 31.4. The van der Waals surface area contributed by atoms with E-state index in [-0.39, 0.29) is 109 Å². The number of aliphatic carboxylic acids is 2. The Kier molecular flexibility index (Phi) is 22.5. The number of nitrogens with two attached hydrogens (primary N) is 1. The van der Waals surface area contributed by atoms with Gasteiger partial charge in [-0.3, -0.25) is 33.8 Å². The highest BCUT2D eigenvalue weighted by Crippen LogP contribution is 2.46. The fourth-order valence-electron chi connectivity index (χ4n) is 11.2. The SMILES string of the molecule is CC(C)(CSSCCOC(=O)Oc1cc2c(c3ccccc13)C(CCl)CN2C(=O)c1cc2cc(NC(=O)c3cc4ccccc4[nH]3)ccc2[nH]1)NCCC[C@@H](NC(=O)CCC(C)(C)NC(=O)CC[C@@H](NC(=O)c1ccc(NCc2cnc3nc(N)[nH]c(=O)c3n2)cc1)C(=O)O)C(=O)O. The molecular formula is C68H73ClN14O13S2. The number of aromatic amines is 3. The van der Waals surface area contributed by atoms with Crippen LogP contribution >= 0.6 is 33.2 Å². The fourth-order valence-corrected chi connectivity index (χ4v) is 13.9. The number of ether oxygens (including phenoxy) is 2. The van der Waals surface area contributed by atoms with Gasteiger partial charge in [-0.2, -0.15) is 4.98 Å². The molecule has 512 valence electrons. The zero-order valence-electron chi connectivity index (χ0n) is 53.8. The molecule has 0 bridgehead atoms. The molecule has 0 spiro atoms. The molecule has 5 aromatic carbocycles. The quantitative estimate of drug-likeness (QED) is 0.00633. The maximum absolute atomic E-state index is 14.4. The number of alkyl halides is 1. The Labute approximate surface area is 573 Å². The van der Waals surface area contributed by atoms with Crippen LogP contribution in [0.3, 0.4) is 0 Å². The molecule has 4 aromatic heterocycles. The predicted molar refractivity (Wildman–Crippen MR) is 377 cm³/mol. The second-order valence-corrected chi connectivity index (χ2v) is 27.7. The van der Waals surface area contributed by atoms with E-state index in [0.29, 0.717) is 74.9 Å². The predicted octanol–water partition coefficient (Wildman–Crippen LogP) is 9.21. The number of rotatable bonds is 31. The van der Waals surface area contributed by atoms with Crippen LogP contribution < -0.4 is 52.8 Å². The third kappa shape index (κ3) is 18.1. The number of halogens is 1. The number of carbonyl (C=O) groups excluding carboxylic acids is 6. The lowest BCUT2D eigenvalue weighted by atomic mass is 9.95. The molecule has 3 atom stereocenters. The maximum Gasteiger partial charge on any atom is 0.513 e. The largest absolute Gasteiger partial charge is 0.513 e. The van der Waals surface area contributed by atoms with Crippen LogP contribution in [0.2, 0.25) is 0 Å². The van der Waals surface area contributed by atoms with Crippen LogP contribution in [0.4, 0.5) is 27.8 Å². The van der Waals surface area contributed by atoms with Gasteiger partial charge in [0.1, 0.15) is 35.8 Å². The van der Waals surface area contributed by atoms with Gasteiger partial charge < -0.3 is 72.2 Å². The summed E-state index contributed by atoms with van der Waals surface area (Å²) in [5.41, 5.74) is 9.25. The summed E-state index contributed by atoms with van der Waals surface area (Å²) in [6.07, 6.45) is 0.608. The van der Waals surface area contributed by atoms with E-state index in [4.69, 9.17) is 26.8 Å². The number of carboxylic acids is 2. The minimum absolute atomic E-state index is 0.0224. The molecule has 1 aliphatic rings. The standard InChI is InChI=1S/C68H73ClN14O13S2/c1-67(2,82-55(85)22-21-49(64(92)93)79-59(86)37-15-17-41(18-16-37)71-33-43-34-72-58-57(74-43)61(88)81-65(70)80-58)24-23-54(84)78-48(63(90)91)14-9-25-73-68(3,4)36-98-97-27-26-95-66(94)96-53-31-52-56(45-12-7-6-11-44(45)53)40(32-69)35-83(52)62(89)51-30-39-28-42(19-20-47(39)77-51)75-60(87)50-29-38-10-5-8-13-46(38)76-50/h5-8,10-13,15-20,28-31,34,40,48-49,71,73,76-77H,9,14,21-27,32-33,35-36H2,1-4H3,(H,75,87)(H,78,84)(H,79,86)(H,82,85)(H,90,91)(H,92,93)(H3,70,72,80,81,88)/t40?,48-,49-/m1/s1. The average Bonchev–Trinajstić information content (AvgIpc) is 1.59. The van der Waals surface area contributed by atoms with Crippen molar-refractivity contribution in [2.24, 2.45) is 0 Å². The molecule has 27 nitrogen and oxygen atoms in total. The van der Waals surface area contributed by atoms with Crippen LogP contribution in [-0.2, 0) is 30.5 Å². The van der Waals surface area contributed by atoms with Crippen LogP contribution in [-0.4, -0.2) is 148 Å². The number of anilines is 4. The van der Waals surface area contributed by atoms with Gasteiger partial charge in [0, 0.05) is 104 Å². The van der Waals surface area contributed by atoms with E-state index >= 15 is 0 Å². The molecule has 30 heteroatoms. The van der Waals surface area contributed by atoms with Crippen LogP contribution in [0.15, 0.2) is 120 Å². The Morgan fingerprint density at radius 3 is 2.21 bits per heavy atom. The molecule has 0 saturated carbocycles. The molecule has 1 unspecified atom stereocenters. The van der Waals surface area contributed by atoms with E-state index in [0.717, 1.165) is 21.9 Å². The number of fused-ring (bicyclic) bond motifs is 6. The number of nitrogens with zero attached hydrogens (tertiary/aromatic N) is 4.